The summed E-state index contributed by atoms with van der Waals surface area (Å²) in [5.41, 5.74) is 4.74. The van der Waals surface area contributed by atoms with Crippen LogP contribution in [0, 0.1) is 0 Å². The molecule has 0 aliphatic carbocycles. The Balaban J connectivity index is 2.02. The molecule has 5 heteroatoms. The van der Waals surface area contributed by atoms with E-state index in [-0.39, 0.29) is 6.61 Å². The molecule has 3 rings (SSSR count). The highest BCUT2D eigenvalue weighted by atomic mass is 16.6. The summed E-state index contributed by atoms with van der Waals surface area (Å²) in [6.45, 7) is 5.57. The second kappa shape index (κ2) is 7.83. The van der Waals surface area contributed by atoms with Crippen molar-refractivity contribution in [2.24, 2.45) is 4.99 Å². The van der Waals surface area contributed by atoms with Crippen LogP contribution in [0.15, 0.2) is 53.5 Å². The first-order valence-corrected chi connectivity index (χ1v) is 8.52. The van der Waals surface area contributed by atoms with Gasteiger partial charge in [-0.3, -0.25) is 0 Å². The Morgan fingerprint density at radius 3 is 1.96 bits per heavy atom. The minimum absolute atomic E-state index is 0.285. The average molecular weight is 338 g/mol. The summed E-state index contributed by atoms with van der Waals surface area (Å²) < 4.78 is 10.6. The Morgan fingerprint density at radius 2 is 1.44 bits per heavy atom. The van der Waals surface area contributed by atoms with E-state index in [9.17, 15) is 4.79 Å². The number of fused-ring (bicyclic) bond motifs is 3. The molecule has 0 N–H and O–H groups in total. The summed E-state index contributed by atoms with van der Waals surface area (Å²) >= 11 is 0. The molecule has 0 radical (unpaired) electrons. The highest BCUT2D eigenvalue weighted by Crippen LogP contribution is 2.32. The van der Waals surface area contributed by atoms with Crippen LogP contribution in [-0.4, -0.2) is 30.2 Å². The second-order valence-electron chi connectivity index (χ2n) is 5.70. The zero-order valence-corrected chi connectivity index (χ0v) is 14.6. The van der Waals surface area contributed by atoms with Gasteiger partial charge in [0, 0.05) is 13.1 Å². The number of amides is 1. The lowest BCUT2D eigenvalue weighted by Gasteiger charge is -2.24. The van der Waals surface area contributed by atoms with Gasteiger partial charge in [-0.2, -0.15) is 0 Å². The van der Waals surface area contributed by atoms with Crippen molar-refractivity contribution in [3.05, 3.63) is 59.7 Å². The van der Waals surface area contributed by atoms with Gasteiger partial charge < -0.3 is 14.4 Å². The van der Waals surface area contributed by atoms with Gasteiger partial charge in [-0.1, -0.05) is 48.5 Å². The molecular formula is C20H22N2O3. The average Bonchev–Trinajstić information content (AvgIpc) is 2.78. The molecule has 0 unspecified atom stereocenters. The lowest BCUT2D eigenvalue weighted by molar-refractivity contribution is 0.159. The second-order valence-corrected chi connectivity index (χ2v) is 5.70. The number of carbonyl (C=O) groups is 1. The van der Waals surface area contributed by atoms with E-state index in [2.05, 4.69) is 29.3 Å². The van der Waals surface area contributed by atoms with E-state index in [1.54, 1.807) is 6.92 Å². The molecule has 25 heavy (non-hydrogen) atoms. The summed E-state index contributed by atoms with van der Waals surface area (Å²) in [5.74, 6) is 0. The molecule has 2 aromatic rings. The van der Waals surface area contributed by atoms with Crippen LogP contribution < -0.4 is 0 Å². The Bertz CT molecular complexity index is 739. The molecule has 0 saturated heterocycles. The van der Waals surface area contributed by atoms with Crippen molar-refractivity contribution >= 4 is 12.1 Å². The van der Waals surface area contributed by atoms with Gasteiger partial charge in [0.1, 0.15) is 0 Å². The minimum Gasteiger partial charge on any atom is -0.465 e. The first kappa shape index (κ1) is 17.0. The van der Waals surface area contributed by atoms with Crippen LogP contribution in [0.5, 0.6) is 0 Å². The van der Waals surface area contributed by atoms with Crippen LogP contribution in [-0.2, 0) is 22.6 Å². The molecule has 2 aromatic carbocycles. The van der Waals surface area contributed by atoms with Gasteiger partial charge in [-0.25, -0.2) is 4.79 Å². The third-order valence-corrected chi connectivity index (χ3v) is 4.05. The van der Waals surface area contributed by atoms with Crippen molar-refractivity contribution < 1.29 is 14.3 Å². The fraction of sp³-hybridized carbons (Fsp3) is 0.300. The van der Waals surface area contributed by atoms with Gasteiger partial charge in [-0.15, -0.1) is 4.99 Å². The fourth-order valence-electron chi connectivity index (χ4n) is 3.00. The number of benzene rings is 2. The lowest BCUT2D eigenvalue weighted by atomic mass is 9.97. The summed E-state index contributed by atoms with van der Waals surface area (Å²) in [6.07, 6.45) is -0.628. The molecule has 0 fully saturated rings. The van der Waals surface area contributed by atoms with Gasteiger partial charge in [-0.05, 0) is 36.1 Å². The van der Waals surface area contributed by atoms with Gasteiger partial charge in [0.05, 0.1) is 13.2 Å². The fourth-order valence-corrected chi connectivity index (χ4v) is 3.00. The molecule has 0 atom stereocenters. The Labute approximate surface area is 147 Å². The van der Waals surface area contributed by atoms with Crippen molar-refractivity contribution in [1.29, 1.82) is 0 Å². The van der Waals surface area contributed by atoms with Crippen LogP contribution in [0.3, 0.4) is 0 Å². The molecule has 0 saturated carbocycles. The van der Waals surface area contributed by atoms with E-state index in [1.165, 1.54) is 22.3 Å². The van der Waals surface area contributed by atoms with Crippen LogP contribution in [0.2, 0.25) is 0 Å². The van der Waals surface area contributed by atoms with E-state index in [0.29, 0.717) is 25.7 Å². The molecule has 0 bridgehead atoms. The molecule has 0 spiro atoms. The number of aliphatic imine (C=N–C) groups is 1. The Kier molecular flexibility index (Phi) is 5.33. The number of nitrogens with zero attached hydrogens (tertiary/aromatic N) is 2. The molecule has 1 amide bonds. The Morgan fingerprint density at radius 1 is 0.920 bits per heavy atom. The molecule has 1 heterocycles. The standard InChI is InChI=1S/C20H22N2O3/c1-3-24-19(21-20(23)25-4-2)22-13-15-9-5-7-11-17(15)18-12-8-6-10-16(18)14-22/h5-12H,3-4,13-14H2,1-2H3. The summed E-state index contributed by atoms with van der Waals surface area (Å²) in [5, 5.41) is 0. The van der Waals surface area contributed by atoms with Crippen LogP contribution >= 0.6 is 0 Å². The maximum Gasteiger partial charge on any atom is 0.438 e. The van der Waals surface area contributed by atoms with Gasteiger partial charge in [0.2, 0.25) is 0 Å². The number of carbonyl (C=O) groups excluding carboxylic acids is 1. The van der Waals surface area contributed by atoms with E-state index in [0.717, 1.165) is 0 Å². The maximum absolute atomic E-state index is 11.8. The minimum atomic E-state index is -0.628. The lowest BCUT2D eigenvalue weighted by Crippen LogP contribution is -2.32. The normalized spacial score (nSPS) is 13.5. The quantitative estimate of drug-likeness (QED) is 0.608. The SMILES string of the molecule is CCOC(=O)N=C(OCC)N1Cc2ccccc2-c2ccccc2C1. The van der Waals surface area contributed by atoms with E-state index >= 15 is 0 Å². The summed E-state index contributed by atoms with van der Waals surface area (Å²) in [7, 11) is 0. The molecule has 1 aliphatic heterocycles. The predicted octanol–water partition coefficient (Wildman–Crippen LogP) is 4.22. The number of amidine groups is 1. The number of ether oxygens (including phenoxy) is 2. The van der Waals surface area contributed by atoms with Gasteiger partial charge in [0.25, 0.3) is 6.02 Å². The van der Waals surface area contributed by atoms with Crippen molar-refractivity contribution in [3.8, 4) is 11.1 Å². The highest BCUT2D eigenvalue weighted by Gasteiger charge is 2.23. The molecule has 1 aliphatic rings. The zero-order valence-electron chi connectivity index (χ0n) is 14.6. The summed E-state index contributed by atoms with van der Waals surface area (Å²) in [6, 6.07) is 16.9. The molecule has 0 aromatic heterocycles. The predicted molar refractivity (Wildman–Crippen MR) is 97.2 cm³/mol. The number of hydrogen-bond acceptors (Lipinski definition) is 3. The highest BCUT2D eigenvalue weighted by molar-refractivity contribution is 5.87. The third kappa shape index (κ3) is 3.82. The van der Waals surface area contributed by atoms with Crippen molar-refractivity contribution in [2.45, 2.75) is 26.9 Å². The Hall–Kier alpha value is -2.82. The van der Waals surface area contributed by atoms with Crippen LogP contribution in [0.4, 0.5) is 4.79 Å². The first-order valence-electron chi connectivity index (χ1n) is 8.52. The van der Waals surface area contributed by atoms with Crippen molar-refractivity contribution in [1.82, 2.24) is 4.90 Å². The van der Waals surface area contributed by atoms with E-state index in [1.807, 2.05) is 36.1 Å². The third-order valence-electron chi connectivity index (χ3n) is 4.05. The van der Waals surface area contributed by atoms with Crippen LogP contribution in [0.1, 0.15) is 25.0 Å². The first-order chi connectivity index (χ1) is 12.2. The van der Waals surface area contributed by atoms with Crippen molar-refractivity contribution in [3.63, 3.8) is 0 Å². The molecule has 5 nitrogen and oxygen atoms in total. The number of rotatable bonds is 2. The monoisotopic (exact) mass is 338 g/mol. The molecular weight excluding hydrogens is 316 g/mol. The topological polar surface area (TPSA) is 51.1 Å². The van der Waals surface area contributed by atoms with E-state index < -0.39 is 6.09 Å². The van der Waals surface area contributed by atoms with E-state index in [4.69, 9.17) is 9.47 Å². The van der Waals surface area contributed by atoms with Gasteiger partial charge in [0.15, 0.2) is 0 Å². The van der Waals surface area contributed by atoms with Crippen molar-refractivity contribution in [2.75, 3.05) is 13.2 Å². The molecule has 130 valence electrons. The zero-order chi connectivity index (χ0) is 17.6. The summed E-state index contributed by atoms with van der Waals surface area (Å²) in [4.78, 5) is 17.8. The van der Waals surface area contributed by atoms with Gasteiger partial charge >= 0.3 is 6.09 Å². The smallest absolute Gasteiger partial charge is 0.438 e. The van der Waals surface area contributed by atoms with Crippen LogP contribution in [0.25, 0.3) is 11.1 Å². The maximum atomic E-state index is 11.8. The number of hydrogen-bond donors (Lipinski definition) is 0. The largest absolute Gasteiger partial charge is 0.465 e.